The molecular weight excluding hydrogens is 370 g/mol. The zero-order valence-electron chi connectivity index (χ0n) is 16.6. The van der Waals surface area contributed by atoms with Crippen molar-refractivity contribution in [1.82, 2.24) is 15.1 Å². The summed E-state index contributed by atoms with van der Waals surface area (Å²) >= 11 is 0. The summed E-state index contributed by atoms with van der Waals surface area (Å²) in [5, 5.41) is 12.5. The molecule has 0 aliphatic carbocycles. The lowest BCUT2D eigenvalue weighted by Crippen LogP contribution is -2.27. The van der Waals surface area contributed by atoms with Gasteiger partial charge in [-0.05, 0) is 34.9 Å². The van der Waals surface area contributed by atoms with Gasteiger partial charge in [0.05, 0.1) is 12.1 Å². The third kappa shape index (κ3) is 4.29. The Kier molecular flexibility index (Phi) is 5.68. The molecule has 0 unspecified atom stereocenters. The van der Waals surface area contributed by atoms with E-state index in [1.165, 1.54) is 16.8 Å². The van der Waals surface area contributed by atoms with Crippen molar-refractivity contribution in [2.45, 2.75) is 6.54 Å². The van der Waals surface area contributed by atoms with Crippen molar-refractivity contribution < 1.29 is 19.5 Å². The Hall–Kier alpha value is -3.61. The van der Waals surface area contributed by atoms with E-state index in [1.807, 2.05) is 36.4 Å². The van der Waals surface area contributed by atoms with Gasteiger partial charge in [0.15, 0.2) is 5.76 Å². The van der Waals surface area contributed by atoms with Crippen molar-refractivity contribution in [2.24, 2.45) is 0 Å². The lowest BCUT2D eigenvalue weighted by molar-refractivity contribution is -0.126. The Morgan fingerprint density at radius 1 is 1.10 bits per heavy atom. The maximum Gasteiger partial charge on any atom is 0.289 e. The standard InChI is InChI=1S/C22H23N3O4/c1-24(2)21(28)16-9-7-15(8-10-16)17-6-4-5-14(11-17)12-23-20(27)18-13-25(3)22(29)19(18)26/h4-11,26H,12-13H2,1-3H3,(H,23,27). The molecule has 3 amide bonds. The molecule has 0 atom stereocenters. The van der Waals surface area contributed by atoms with Crippen LogP contribution >= 0.6 is 0 Å². The average Bonchev–Trinajstić information content (AvgIpc) is 2.99. The summed E-state index contributed by atoms with van der Waals surface area (Å²) in [7, 11) is 4.95. The van der Waals surface area contributed by atoms with Crippen molar-refractivity contribution in [3.05, 3.63) is 71.0 Å². The molecule has 0 bridgehead atoms. The van der Waals surface area contributed by atoms with Gasteiger partial charge in [0.1, 0.15) is 0 Å². The van der Waals surface area contributed by atoms with Crippen LogP contribution in [0.15, 0.2) is 59.9 Å². The Balaban J connectivity index is 1.69. The van der Waals surface area contributed by atoms with E-state index in [2.05, 4.69) is 5.32 Å². The Morgan fingerprint density at radius 2 is 1.79 bits per heavy atom. The molecule has 1 aliphatic heterocycles. The van der Waals surface area contributed by atoms with Gasteiger partial charge in [0.25, 0.3) is 17.7 Å². The van der Waals surface area contributed by atoms with E-state index in [1.54, 1.807) is 26.2 Å². The molecule has 0 saturated heterocycles. The van der Waals surface area contributed by atoms with Crippen molar-refractivity contribution in [1.29, 1.82) is 0 Å². The van der Waals surface area contributed by atoms with E-state index in [9.17, 15) is 19.5 Å². The highest BCUT2D eigenvalue weighted by Crippen LogP contribution is 2.22. The van der Waals surface area contributed by atoms with Crippen LogP contribution in [0.25, 0.3) is 11.1 Å². The molecule has 0 radical (unpaired) electrons. The summed E-state index contributed by atoms with van der Waals surface area (Å²) in [6, 6.07) is 15.0. The summed E-state index contributed by atoms with van der Waals surface area (Å²) in [6.45, 7) is 0.354. The third-order valence-electron chi connectivity index (χ3n) is 4.76. The highest BCUT2D eigenvalue weighted by molar-refractivity contribution is 6.06. The number of carbonyl (C=O) groups excluding carboxylic acids is 3. The lowest BCUT2D eigenvalue weighted by Gasteiger charge is -2.11. The van der Waals surface area contributed by atoms with Gasteiger partial charge in [-0.25, -0.2) is 0 Å². The molecule has 0 fully saturated rings. The maximum absolute atomic E-state index is 12.3. The van der Waals surface area contributed by atoms with E-state index in [-0.39, 0.29) is 24.6 Å². The molecule has 1 aliphatic rings. The van der Waals surface area contributed by atoms with Crippen LogP contribution in [0.5, 0.6) is 0 Å². The van der Waals surface area contributed by atoms with E-state index >= 15 is 0 Å². The molecule has 7 nitrogen and oxygen atoms in total. The predicted octanol–water partition coefficient (Wildman–Crippen LogP) is 1.96. The first-order valence-electron chi connectivity index (χ1n) is 9.14. The van der Waals surface area contributed by atoms with E-state index in [0.29, 0.717) is 5.56 Å². The SMILES string of the molecule is CN(C)C(=O)c1ccc(-c2cccc(CNC(=O)C3=C(O)C(=O)N(C)C3)c2)cc1. The maximum atomic E-state index is 12.3. The fourth-order valence-electron chi connectivity index (χ4n) is 3.09. The quantitative estimate of drug-likeness (QED) is 0.813. The van der Waals surface area contributed by atoms with E-state index < -0.39 is 17.6 Å². The number of hydrogen-bond donors (Lipinski definition) is 2. The third-order valence-corrected chi connectivity index (χ3v) is 4.76. The smallest absolute Gasteiger partial charge is 0.289 e. The van der Waals surface area contributed by atoms with E-state index in [0.717, 1.165) is 16.7 Å². The minimum absolute atomic E-state index is 0.0541. The number of nitrogens with one attached hydrogen (secondary N) is 1. The van der Waals surface area contributed by atoms with Gasteiger partial charge in [-0.3, -0.25) is 14.4 Å². The van der Waals surface area contributed by atoms with Crippen LogP contribution in [0, 0.1) is 0 Å². The normalized spacial score (nSPS) is 13.6. The topological polar surface area (TPSA) is 90.0 Å². The van der Waals surface area contributed by atoms with Crippen LogP contribution < -0.4 is 5.32 Å². The summed E-state index contributed by atoms with van der Waals surface area (Å²) in [5.41, 5.74) is 3.48. The van der Waals surface area contributed by atoms with Gasteiger partial charge in [-0.1, -0.05) is 30.3 Å². The van der Waals surface area contributed by atoms with Crippen LogP contribution in [0.3, 0.4) is 0 Å². The van der Waals surface area contributed by atoms with Crippen molar-refractivity contribution in [3.63, 3.8) is 0 Å². The molecule has 2 aromatic carbocycles. The number of aliphatic hydroxyl groups excluding tert-OH is 1. The van der Waals surface area contributed by atoms with Gasteiger partial charge >= 0.3 is 0 Å². The summed E-state index contributed by atoms with van der Waals surface area (Å²) in [4.78, 5) is 38.7. The number of carbonyl (C=O) groups is 3. The molecule has 3 rings (SSSR count). The molecule has 150 valence electrons. The zero-order chi connectivity index (χ0) is 21.1. The molecular formula is C22H23N3O4. The zero-order valence-corrected chi connectivity index (χ0v) is 16.6. The molecule has 7 heteroatoms. The number of rotatable bonds is 5. The van der Waals surface area contributed by atoms with Crippen molar-refractivity contribution in [3.8, 4) is 11.1 Å². The van der Waals surface area contributed by atoms with Crippen LogP contribution in [0.2, 0.25) is 0 Å². The Bertz CT molecular complexity index is 993. The predicted molar refractivity (Wildman–Crippen MR) is 109 cm³/mol. The molecule has 1 heterocycles. The van der Waals surface area contributed by atoms with Crippen LogP contribution in [-0.4, -0.2) is 60.3 Å². The van der Waals surface area contributed by atoms with Gasteiger partial charge in [0.2, 0.25) is 0 Å². The fraction of sp³-hybridized carbons (Fsp3) is 0.227. The molecule has 0 saturated carbocycles. The first-order valence-corrected chi connectivity index (χ1v) is 9.14. The van der Waals surface area contributed by atoms with Crippen LogP contribution in [0.4, 0.5) is 0 Å². The Morgan fingerprint density at radius 3 is 2.38 bits per heavy atom. The molecule has 2 aromatic rings. The lowest BCUT2D eigenvalue weighted by atomic mass is 10.0. The number of nitrogens with zero attached hydrogens (tertiary/aromatic N) is 2. The first kappa shape index (κ1) is 20.1. The van der Waals surface area contributed by atoms with Crippen LogP contribution in [-0.2, 0) is 16.1 Å². The number of aliphatic hydroxyl groups is 1. The largest absolute Gasteiger partial charge is 0.503 e. The summed E-state index contributed by atoms with van der Waals surface area (Å²) in [5.74, 6) is -1.56. The van der Waals surface area contributed by atoms with Gasteiger partial charge in [0, 0.05) is 33.3 Å². The second-order valence-electron chi connectivity index (χ2n) is 7.15. The molecule has 0 spiro atoms. The molecule has 29 heavy (non-hydrogen) atoms. The second kappa shape index (κ2) is 8.18. The number of amides is 3. The van der Waals surface area contributed by atoms with Crippen molar-refractivity contribution >= 4 is 17.7 Å². The summed E-state index contributed by atoms with van der Waals surface area (Å²) < 4.78 is 0. The monoisotopic (exact) mass is 393 g/mol. The van der Waals surface area contributed by atoms with Gasteiger partial charge in [-0.15, -0.1) is 0 Å². The first-order chi connectivity index (χ1) is 13.8. The minimum atomic E-state index is -0.548. The fourth-order valence-corrected chi connectivity index (χ4v) is 3.09. The number of likely N-dealkylation sites (N-methyl/N-ethyl adjacent to an activating group) is 1. The van der Waals surface area contributed by atoms with Gasteiger partial charge < -0.3 is 20.2 Å². The highest BCUT2D eigenvalue weighted by atomic mass is 16.3. The second-order valence-corrected chi connectivity index (χ2v) is 7.15. The summed E-state index contributed by atoms with van der Waals surface area (Å²) in [6.07, 6.45) is 0. The number of hydrogen-bond acceptors (Lipinski definition) is 4. The molecule has 0 aromatic heterocycles. The Labute approximate surface area is 169 Å². The van der Waals surface area contributed by atoms with E-state index in [4.69, 9.17) is 0 Å². The van der Waals surface area contributed by atoms with Gasteiger partial charge in [-0.2, -0.15) is 0 Å². The minimum Gasteiger partial charge on any atom is -0.503 e. The average molecular weight is 393 g/mol. The highest BCUT2D eigenvalue weighted by Gasteiger charge is 2.31. The molecule has 2 N–H and O–H groups in total. The van der Waals surface area contributed by atoms with Crippen molar-refractivity contribution in [2.75, 3.05) is 27.7 Å². The van der Waals surface area contributed by atoms with Crippen LogP contribution in [0.1, 0.15) is 15.9 Å². The number of benzene rings is 2.